The van der Waals surface area contributed by atoms with E-state index in [-0.39, 0.29) is 11.2 Å². The number of alkyl halides is 5. The molecule has 0 aliphatic carbocycles. The maximum Gasteiger partial charge on any atom is 0.433 e. The molecule has 0 saturated carbocycles. The summed E-state index contributed by atoms with van der Waals surface area (Å²) in [6.07, 6.45) is -3.80. The van der Waals surface area contributed by atoms with Gasteiger partial charge in [0.05, 0.1) is 11.1 Å². The van der Waals surface area contributed by atoms with E-state index in [2.05, 4.69) is 25.0 Å². The zero-order valence-electron chi connectivity index (χ0n) is 18.6. The van der Waals surface area contributed by atoms with Gasteiger partial charge in [0.25, 0.3) is 6.43 Å². The summed E-state index contributed by atoms with van der Waals surface area (Å²) in [4.78, 5) is 20.5. The third-order valence-corrected chi connectivity index (χ3v) is 6.57. The molecule has 5 heterocycles. The van der Waals surface area contributed by atoms with Gasteiger partial charge in [-0.25, -0.2) is 28.4 Å². The lowest BCUT2D eigenvalue weighted by atomic mass is 9.72. The molecule has 34 heavy (non-hydrogen) atoms. The number of nitrogens with zero attached hydrogens (tertiary/aromatic N) is 8. The van der Waals surface area contributed by atoms with Crippen LogP contribution >= 0.6 is 0 Å². The lowest BCUT2D eigenvalue weighted by molar-refractivity contribution is -0.141. The monoisotopic (exact) mass is 482 g/mol. The van der Waals surface area contributed by atoms with Gasteiger partial charge in [0.2, 0.25) is 5.95 Å². The van der Waals surface area contributed by atoms with Crippen LogP contribution in [0.15, 0.2) is 12.3 Å². The van der Waals surface area contributed by atoms with Crippen LogP contribution in [-0.2, 0) is 12.7 Å². The molecule has 0 unspecified atom stereocenters. The van der Waals surface area contributed by atoms with Gasteiger partial charge in [-0.1, -0.05) is 0 Å². The third-order valence-electron chi connectivity index (χ3n) is 6.57. The van der Waals surface area contributed by atoms with Crippen LogP contribution in [0.1, 0.15) is 30.1 Å². The van der Waals surface area contributed by atoms with E-state index in [1.165, 1.54) is 11.6 Å². The Bertz CT molecular complexity index is 1210. The molecule has 3 aromatic rings. The molecule has 0 bridgehead atoms. The summed E-state index contributed by atoms with van der Waals surface area (Å²) in [6, 6.07) is 1.00. The van der Waals surface area contributed by atoms with E-state index in [1.807, 2.05) is 9.80 Å². The maximum atomic E-state index is 13.1. The summed E-state index contributed by atoms with van der Waals surface area (Å²) < 4.78 is 66.4. The van der Waals surface area contributed by atoms with Crippen molar-refractivity contribution in [1.29, 1.82) is 0 Å². The van der Waals surface area contributed by atoms with Gasteiger partial charge in [0.1, 0.15) is 23.9 Å². The van der Waals surface area contributed by atoms with Gasteiger partial charge in [-0.05, 0) is 26.7 Å². The third kappa shape index (κ3) is 4.11. The molecule has 0 aromatic carbocycles. The fourth-order valence-corrected chi connectivity index (χ4v) is 4.79. The molecule has 8 nitrogen and oxygen atoms in total. The molecule has 0 radical (unpaired) electrons. The van der Waals surface area contributed by atoms with Gasteiger partial charge in [-0.3, -0.25) is 0 Å². The molecule has 13 heteroatoms. The topological polar surface area (TPSA) is 75.9 Å². The van der Waals surface area contributed by atoms with Crippen LogP contribution < -0.4 is 9.80 Å². The van der Waals surface area contributed by atoms with Gasteiger partial charge in [0, 0.05) is 43.9 Å². The van der Waals surface area contributed by atoms with Crippen molar-refractivity contribution in [3.05, 3.63) is 29.5 Å². The fraction of sp³-hybridized carbons (Fsp3) is 0.571. The predicted octanol–water partition coefficient (Wildman–Crippen LogP) is 3.62. The van der Waals surface area contributed by atoms with Crippen LogP contribution in [-0.4, -0.2) is 62.3 Å². The van der Waals surface area contributed by atoms with Crippen LogP contribution in [0.25, 0.3) is 11.0 Å². The molecule has 182 valence electrons. The summed E-state index contributed by atoms with van der Waals surface area (Å²) in [5.74, 6) is 0.856. The fourth-order valence-electron chi connectivity index (χ4n) is 4.79. The SMILES string of the molecule is Cc1nc(N2CC3(CCN(c4ncc5c(C)nn(CC(F)F)c5n4)CC3)C2)cc(C(F)(F)F)n1. The molecule has 2 saturated heterocycles. The second kappa shape index (κ2) is 7.98. The van der Waals surface area contributed by atoms with Gasteiger partial charge < -0.3 is 9.80 Å². The first kappa shape index (κ1) is 22.7. The number of anilines is 2. The molecule has 0 N–H and O–H groups in total. The molecule has 1 spiro atoms. The highest BCUT2D eigenvalue weighted by Crippen LogP contribution is 2.43. The van der Waals surface area contributed by atoms with Crippen molar-refractivity contribution in [2.45, 2.75) is 45.8 Å². The summed E-state index contributed by atoms with van der Waals surface area (Å²) in [6.45, 7) is 5.23. The molecular formula is C21H23F5N8. The Hall–Kier alpha value is -3.12. The normalized spacial score (nSPS) is 18.2. The van der Waals surface area contributed by atoms with E-state index in [4.69, 9.17) is 0 Å². The van der Waals surface area contributed by atoms with E-state index < -0.39 is 24.8 Å². The van der Waals surface area contributed by atoms with Gasteiger partial charge in [-0.2, -0.15) is 23.3 Å². The Labute approximate surface area is 191 Å². The number of halogens is 5. The minimum Gasteiger partial charge on any atom is -0.355 e. The van der Waals surface area contributed by atoms with Crippen LogP contribution in [0.3, 0.4) is 0 Å². The molecule has 3 aromatic heterocycles. The number of rotatable bonds is 4. The number of hydrogen-bond acceptors (Lipinski definition) is 7. The van der Waals surface area contributed by atoms with Crippen molar-refractivity contribution in [2.75, 3.05) is 36.0 Å². The number of piperidine rings is 1. The molecule has 2 aliphatic rings. The first-order valence-electron chi connectivity index (χ1n) is 10.9. The van der Waals surface area contributed by atoms with Crippen molar-refractivity contribution in [3.63, 3.8) is 0 Å². The first-order valence-corrected chi connectivity index (χ1v) is 10.9. The number of aryl methyl sites for hydroxylation is 2. The largest absolute Gasteiger partial charge is 0.433 e. The Balaban J connectivity index is 1.26. The van der Waals surface area contributed by atoms with Crippen LogP contribution in [0, 0.1) is 19.3 Å². The van der Waals surface area contributed by atoms with Crippen molar-refractivity contribution >= 4 is 22.8 Å². The van der Waals surface area contributed by atoms with E-state index in [1.54, 1.807) is 13.1 Å². The lowest BCUT2D eigenvalue weighted by Crippen LogP contribution is -2.61. The Morgan fingerprint density at radius 1 is 1.03 bits per heavy atom. The molecular weight excluding hydrogens is 459 g/mol. The highest BCUT2D eigenvalue weighted by Gasteiger charge is 2.46. The zero-order valence-corrected chi connectivity index (χ0v) is 18.6. The summed E-state index contributed by atoms with van der Waals surface area (Å²) >= 11 is 0. The van der Waals surface area contributed by atoms with Crippen LogP contribution in [0.2, 0.25) is 0 Å². The molecule has 5 rings (SSSR count). The molecule has 2 aliphatic heterocycles. The van der Waals surface area contributed by atoms with E-state index in [0.717, 1.165) is 18.9 Å². The predicted molar refractivity (Wildman–Crippen MR) is 114 cm³/mol. The standard InChI is InChI=1S/C21H23F5N8/c1-12-14-8-27-19(30-18(14)34(31-12)9-16(22)23)32-5-3-20(4-6-32)10-33(11-20)17-7-15(21(24,25)26)28-13(2)29-17/h7-8,16H,3-6,9-11H2,1-2H3. The average molecular weight is 482 g/mol. The number of fused-ring (bicyclic) bond motifs is 1. The summed E-state index contributed by atoms with van der Waals surface area (Å²) in [5.41, 5.74) is 0.0476. The molecule has 0 amide bonds. The number of aromatic nitrogens is 6. The van der Waals surface area contributed by atoms with Crippen LogP contribution in [0.4, 0.5) is 33.7 Å². The van der Waals surface area contributed by atoms with E-state index >= 15 is 0 Å². The average Bonchev–Trinajstić information content (AvgIpc) is 3.05. The smallest absolute Gasteiger partial charge is 0.355 e. The minimum atomic E-state index is -4.51. The quantitative estimate of drug-likeness (QED) is 0.526. The van der Waals surface area contributed by atoms with Gasteiger partial charge in [0.15, 0.2) is 5.65 Å². The second-order valence-corrected chi connectivity index (χ2v) is 9.07. The second-order valence-electron chi connectivity index (χ2n) is 9.07. The van der Waals surface area contributed by atoms with Gasteiger partial charge in [-0.15, -0.1) is 0 Å². The maximum absolute atomic E-state index is 13.1. The summed E-state index contributed by atoms with van der Waals surface area (Å²) in [5, 5.41) is 4.80. The minimum absolute atomic E-state index is 0.00805. The van der Waals surface area contributed by atoms with E-state index in [9.17, 15) is 22.0 Å². The van der Waals surface area contributed by atoms with E-state index in [0.29, 0.717) is 54.7 Å². The lowest BCUT2D eigenvalue weighted by Gasteiger charge is -2.54. The molecule has 0 atom stereocenters. The van der Waals surface area contributed by atoms with Crippen molar-refractivity contribution < 1.29 is 22.0 Å². The summed E-state index contributed by atoms with van der Waals surface area (Å²) in [7, 11) is 0. The highest BCUT2D eigenvalue weighted by atomic mass is 19.4. The molecule has 2 fully saturated rings. The highest BCUT2D eigenvalue weighted by molar-refractivity contribution is 5.78. The van der Waals surface area contributed by atoms with Crippen LogP contribution in [0.5, 0.6) is 0 Å². The first-order chi connectivity index (χ1) is 16.0. The van der Waals surface area contributed by atoms with Gasteiger partial charge >= 0.3 is 6.18 Å². The zero-order chi connectivity index (χ0) is 24.3. The van der Waals surface area contributed by atoms with Crippen molar-refractivity contribution in [2.24, 2.45) is 5.41 Å². The Kier molecular flexibility index (Phi) is 5.32. The Morgan fingerprint density at radius 2 is 1.74 bits per heavy atom. The Morgan fingerprint density at radius 3 is 2.38 bits per heavy atom. The van der Waals surface area contributed by atoms with Crippen molar-refractivity contribution in [1.82, 2.24) is 29.7 Å². The number of hydrogen-bond donors (Lipinski definition) is 0. The van der Waals surface area contributed by atoms with Crippen molar-refractivity contribution in [3.8, 4) is 0 Å².